The van der Waals surface area contributed by atoms with Crippen LogP contribution in [0.2, 0.25) is 0 Å². The molecular weight excluding hydrogens is 328 g/mol. The van der Waals surface area contributed by atoms with Crippen LogP contribution in [-0.4, -0.2) is 18.3 Å². The van der Waals surface area contributed by atoms with Crippen LogP contribution < -0.4 is 4.90 Å². The van der Waals surface area contributed by atoms with Gasteiger partial charge in [0, 0.05) is 24.0 Å². The zero-order valence-electron chi connectivity index (χ0n) is 17.8. The van der Waals surface area contributed by atoms with Crippen molar-refractivity contribution in [2.45, 2.75) is 72.3 Å². The summed E-state index contributed by atoms with van der Waals surface area (Å²) < 4.78 is 0. The van der Waals surface area contributed by atoms with E-state index in [1.807, 2.05) is 6.21 Å². The van der Waals surface area contributed by atoms with Gasteiger partial charge in [0.2, 0.25) is 0 Å². The molecule has 2 nitrogen and oxygen atoms in total. The van der Waals surface area contributed by atoms with Crippen LogP contribution in [0.1, 0.15) is 75.6 Å². The third-order valence-electron chi connectivity index (χ3n) is 5.92. The van der Waals surface area contributed by atoms with Crippen molar-refractivity contribution in [3.8, 4) is 0 Å². The minimum atomic E-state index is 0.214. The average Bonchev–Trinajstić information content (AvgIpc) is 2.64. The Bertz CT molecular complexity index is 815. The van der Waals surface area contributed by atoms with Crippen LogP contribution in [0.3, 0.4) is 0 Å². The van der Waals surface area contributed by atoms with E-state index in [1.165, 1.54) is 40.8 Å². The summed E-state index contributed by atoms with van der Waals surface area (Å²) in [4.78, 5) is 7.34. The summed E-state index contributed by atoms with van der Waals surface area (Å²) in [5.74, 6) is 0.569. The Morgan fingerprint density at radius 2 is 1.85 bits per heavy atom. The van der Waals surface area contributed by atoms with Gasteiger partial charge in [-0.15, -0.1) is 0 Å². The molecule has 2 heteroatoms. The van der Waals surface area contributed by atoms with Gasteiger partial charge in [0.15, 0.2) is 0 Å². The van der Waals surface area contributed by atoms with Crippen molar-refractivity contribution in [1.29, 1.82) is 0 Å². The maximum Gasteiger partial charge on any atom is 0.0630 e. The van der Waals surface area contributed by atoms with E-state index in [-0.39, 0.29) is 5.54 Å². The van der Waals surface area contributed by atoms with E-state index in [0.29, 0.717) is 5.92 Å². The third-order valence-corrected chi connectivity index (χ3v) is 5.92. The van der Waals surface area contributed by atoms with E-state index in [2.05, 4.69) is 82.8 Å². The molecule has 1 aliphatic rings. The quantitative estimate of drug-likeness (QED) is 0.533. The predicted octanol–water partition coefficient (Wildman–Crippen LogP) is 6.81. The number of benzene rings is 2. The maximum absolute atomic E-state index is 4.73. The molecule has 0 spiro atoms. The highest BCUT2D eigenvalue weighted by Gasteiger charge is 2.36. The summed E-state index contributed by atoms with van der Waals surface area (Å²) in [6.07, 6.45) is 5.47. The fraction of sp³-hybridized carbons (Fsp3) is 0.480. The topological polar surface area (TPSA) is 15.6 Å². The van der Waals surface area contributed by atoms with Gasteiger partial charge in [-0.2, -0.15) is 0 Å². The van der Waals surface area contributed by atoms with E-state index in [4.69, 9.17) is 4.99 Å². The fourth-order valence-corrected chi connectivity index (χ4v) is 4.40. The summed E-state index contributed by atoms with van der Waals surface area (Å²) in [5, 5.41) is 0. The molecule has 0 radical (unpaired) electrons. The van der Waals surface area contributed by atoms with Gasteiger partial charge in [0.1, 0.15) is 0 Å². The van der Waals surface area contributed by atoms with Crippen molar-refractivity contribution < 1.29 is 0 Å². The number of hydrogen-bond acceptors (Lipinski definition) is 2. The second kappa shape index (κ2) is 7.88. The van der Waals surface area contributed by atoms with Gasteiger partial charge < -0.3 is 4.90 Å². The molecule has 0 fully saturated rings. The van der Waals surface area contributed by atoms with E-state index < -0.39 is 0 Å². The second-order valence-electron chi connectivity index (χ2n) is 8.62. The highest BCUT2D eigenvalue weighted by Crippen LogP contribution is 2.44. The van der Waals surface area contributed by atoms with Crippen molar-refractivity contribution in [3.63, 3.8) is 0 Å². The van der Waals surface area contributed by atoms with E-state index in [0.717, 1.165) is 18.7 Å². The molecule has 3 rings (SSSR count). The zero-order valence-corrected chi connectivity index (χ0v) is 17.8. The van der Waals surface area contributed by atoms with Crippen molar-refractivity contribution in [2.75, 3.05) is 11.4 Å². The Hall–Kier alpha value is -2.09. The molecule has 1 atom stereocenters. The van der Waals surface area contributed by atoms with Gasteiger partial charge in [-0.1, -0.05) is 32.9 Å². The minimum absolute atomic E-state index is 0.214. The van der Waals surface area contributed by atoms with Crippen molar-refractivity contribution >= 4 is 17.6 Å². The smallest absolute Gasteiger partial charge is 0.0630 e. The first kappa shape index (κ1) is 19.7. The number of aryl methyl sites for hydroxylation is 2. The minimum Gasteiger partial charge on any atom is -0.366 e. The Morgan fingerprint density at radius 1 is 1.15 bits per heavy atom. The summed E-state index contributed by atoms with van der Waals surface area (Å²) >= 11 is 0. The van der Waals surface area contributed by atoms with Gasteiger partial charge in [-0.3, -0.25) is 4.99 Å². The lowest BCUT2D eigenvalue weighted by Gasteiger charge is -2.48. The third kappa shape index (κ3) is 4.10. The van der Waals surface area contributed by atoms with Gasteiger partial charge in [-0.05, 0) is 92.5 Å². The molecule has 1 aliphatic heterocycles. The number of fused-ring (bicyclic) bond motifs is 1. The van der Waals surface area contributed by atoms with Crippen molar-refractivity contribution in [1.82, 2.24) is 0 Å². The molecule has 144 valence electrons. The lowest BCUT2D eigenvalue weighted by molar-refractivity contribution is 0.376. The number of hydrogen-bond donors (Lipinski definition) is 0. The summed E-state index contributed by atoms with van der Waals surface area (Å²) in [7, 11) is 0. The van der Waals surface area contributed by atoms with Gasteiger partial charge in [0.25, 0.3) is 0 Å². The van der Waals surface area contributed by atoms with E-state index in [1.54, 1.807) is 0 Å². The lowest BCUT2D eigenvalue weighted by Crippen LogP contribution is -2.48. The van der Waals surface area contributed by atoms with Crippen molar-refractivity contribution in [3.05, 3.63) is 58.7 Å². The monoisotopic (exact) mass is 362 g/mol. The average molecular weight is 363 g/mol. The van der Waals surface area contributed by atoms with Gasteiger partial charge >= 0.3 is 0 Å². The molecule has 0 saturated carbocycles. The first-order valence-electron chi connectivity index (χ1n) is 10.4. The molecule has 1 unspecified atom stereocenters. The fourth-order valence-electron chi connectivity index (χ4n) is 4.40. The molecule has 1 heterocycles. The summed E-state index contributed by atoms with van der Waals surface area (Å²) in [6, 6.07) is 13.3. The first-order valence-corrected chi connectivity index (χ1v) is 10.4. The SMILES string of the molecule is CCCN1c2cc(C)c(C=Nc3ccc(CC)cc3)cc2C(C)CC1(C)C. The predicted molar refractivity (Wildman–Crippen MR) is 119 cm³/mol. The second-order valence-corrected chi connectivity index (χ2v) is 8.62. The van der Waals surface area contributed by atoms with Gasteiger partial charge in [0.05, 0.1) is 5.69 Å². The number of aliphatic imine (C=N–C) groups is 1. The molecule has 2 aromatic rings. The maximum atomic E-state index is 4.73. The molecule has 27 heavy (non-hydrogen) atoms. The van der Waals surface area contributed by atoms with Crippen LogP contribution in [0.4, 0.5) is 11.4 Å². The van der Waals surface area contributed by atoms with E-state index in [9.17, 15) is 0 Å². The molecule has 0 N–H and O–H groups in total. The van der Waals surface area contributed by atoms with Crippen LogP contribution in [0.5, 0.6) is 0 Å². The first-order chi connectivity index (χ1) is 12.9. The molecule has 0 aromatic heterocycles. The van der Waals surface area contributed by atoms with E-state index >= 15 is 0 Å². The molecule has 0 bridgehead atoms. The molecular formula is C25H34N2. The normalized spacial score (nSPS) is 18.7. The van der Waals surface area contributed by atoms with Crippen LogP contribution in [-0.2, 0) is 6.42 Å². The zero-order chi connectivity index (χ0) is 19.6. The number of anilines is 1. The highest BCUT2D eigenvalue weighted by atomic mass is 15.2. The molecule has 2 aromatic carbocycles. The summed E-state index contributed by atoms with van der Waals surface area (Å²) in [5.41, 5.74) is 8.01. The van der Waals surface area contributed by atoms with Crippen LogP contribution in [0.15, 0.2) is 41.4 Å². The van der Waals surface area contributed by atoms with Crippen LogP contribution >= 0.6 is 0 Å². The van der Waals surface area contributed by atoms with Crippen LogP contribution in [0, 0.1) is 6.92 Å². The van der Waals surface area contributed by atoms with Crippen molar-refractivity contribution in [2.24, 2.45) is 4.99 Å². The Balaban J connectivity index is 1.95. The number of rotatable bonds is 5. The standard InChI is InChI=1S/C25H34N2/c1-7-13-27-24-14-18(3)21(15-23(24)19(4)16-25(27,5)6)17-26-22-11-9-20(8-2)10-12-22/h9-12,14-15,17,19H,7-8,13,16H2,1-6H3. The molecule has 0 aliphatic carbocycles. The Labute approximate surface area is 165 Å². The lowest BCUT2D eigenvalue weighted by atomic mass is 9.79. The Kier molecular flexibility index (Phi) is 5.74. The summed E-state index contributed by atoms with van der Waals surface area (Å²) in [6.45, 7) is 14.9. The largest absolute Gasteiger partial charge is 0.366 e. The molecule has 0 amide bonds. The number of nitrogens with zero attached hydrogens (tertiary/aromatic N) is 2. The van der Waals surface area contributed by atoms with Gasteiger partial charge in [-0.25, -0.2) is 0 Å². The highest BCUT2D eigenvalue weighted by molar-refractivity contribution is 5.86. The van der Waals surface area contributed by atoms with Crippen LogP contribution in [0.25, 0.3) is 0 Å². The Morgan fingerprint density at radius 3 is 2.48 bits per heavy atom. The molecule has 0 saturated heterocycles.